The molecular weight excluding hydrogens is 363 g/mol. The second kappa shape index (κ2) is 9.51. The van der Waals surface area contributed by atoms with Crippen LogP contribution in [0.1, 0.15) is 18.2 Å². The number of rotatable bonds is 7. The monoisotopic (exact) mass is 385 g/mol. The molecule has 0 atom stereocenters. The quantitative estimate of drug-likeness (QED) is 0.332. The summed E-state index contributed by atoms with van der Waals surface area (Å²) in [4.78, 5) is 5.42. The van der Waals surface area contributed by atoms with Crippen molar-refractivity contribution in [2.45, 2.75) is 24.5 Å². The van der Waals surface area contributed by atoms with Gasteiger partial charge >= 0.3 is 6.18 Å². The lowest BCUT2D eigenvalue weighted by Crippen LogP contribution is -2.38. The molecule has 0 aliphatic carbocycles. The summed E-state index contributed by atoms with van der Waals surface area (Å²) in [6.07, 6.45) is -3.13. The van der Waals surface area contributed by atoms with Crippen LogP contribution in [-0.4, -0.2) is 34.6 Å². The number of aliphatic imine (C=N–C) groups is 1. The molecule has 1 heterocycles. The van der Waals surface area contributed by atoms with E-state index in [1.807, 2.05) is 37.3 Å². The van der Waals surface area contributed by atoms with E-state index in [0.29, 0.717) is 19.0 Å². The standard InChI is InChI=1S/C17H22F3N5S/c1-3-21-16(22-9-10-26-14-7-5-4-6-8-14)23-11-13-12-25(2)24-15(13)17(18,19)20/h4-8,12H,3,9-11H2,1-2H3,(H2,21,22,23). The highest BCUT2D eigenvalue weighted by molar-refractivity contribution is 7.99. The molecule has 0 unspecified atom stereocenters. The number of nitrogens with one attached hydrogen (secondary N) is 2. The van der Waals surface area contributed by atoms with Gasteiger partial charge in [0.15, 0.2) is 11.7 Å². The molecule has 0 aliphatic rings. The van der Waals surface area contributed by atoms with Crippen molar-refractivity contribution in [3.63, 3.8) is 0 Å². The minimum atomic E-state index is -4.48. The molecule has 0 bridgehead atoms. The van der Waals surface area contributed by atoms with E-state index < -0.39 is 11.9 Å². The Hall–Kier alpha value is -2.16. The molecule has 142 valence electrons. The van der Waals surface area contributed by atoms with Gasteiger partial charge in [-0.3, -0.25) is 4.68 Å². The summed E-state index contributed by atoms with van der Waals surface area (Å²) in [6, 6.07) is 9.99. The summed E-state index contributed by atoms with van der Waals surface area (Å²) in [7, 11) is 1.46. The molecule has 0 radical (unpaired) electrons. The van der Waals surface area contributed by atoms with E-state index in [4.69, 9.17) is 0 Å². The number of thioether (sulfide) groups is 1. The van der Waals surface area contributed by atoms with Crippen LogP contribution in [0.4, 0.5) is 13.2 Å². The Labute approximate surface area is 155 Å². The van der Waals surface area contributed by atoms with Gasteiger partial charge in [-0.1, -0.05) is 18.2 Å². The molecule has 0 saturated carbocycles. The van der Waals surface area contributed by atoms with Crippen molar-refractivity contribution in [1.29, 1.82) is 0 Å². The largest absolute Gasteiger partial charge is 0.435 e. The van der Waals surface area contributed by atoms with Crippen LogP contribution in [0.25, 0.3) is 0 Å². The molecule has 0 fully saturated rings. The lowest BCUT2D eigenvalue weighted by atomic mass is 10.2. The summed E-state index contributed by atoms with van der Waals surface area (Å²) >= 11 is 1.70. The summed E-state index contributed by atoms with van der Waals surface area (Å²) in [6.45, 7) is 3.08. The Morgan fingerprint density at radius 1 is 1.23 bits per heavy atom. The molecule has 0 aliphatic heterocycles. The molecule has 0 amide bonds. The van der Waals surface area contributed by atoms with E-state index in [2.05, 4.69) is 20.7 Å². The fourth-order valence-electron chi connectivity index (χ4n) is 2.25. The van der Waals surface area contributed by atoms with E-state index in [1.54, 1.807) is 11.8 Å². The first-order valence-electron chi connectivity index (χ1n) is 8.20. The number of alkyl halides is 3. The number of hydrogen-bond acceptors (Lipinski definition) is 3. The van der Waals surface area contributed by atoms with E-state index in [9.17, 15) is 13.2 Å². The van der Waals surface area contributed by atoms with Crippen molar-refractivity contribution in [1.82, 2.24) is 20.4 Å². The van der Waals surface area contributed by atoms with Crippen LogP contribution in [-0.2, 0) is 19.8 Å². The number of guanidine groups is 1. The molecule has 2 rings (SSSR count). The van der Waals surface area contributed by atoms with Gasteiger partial charge in [0.25, 0.3) is 0 Å². The molecule has 2 aromatic rings. The molecular formula is C17H22F3N5S. The zero-order chi connectivity index (χ0) is 19.0. The van der Waals surface area contributed by atoms with Gasteiger partial charge in [0.2, 0.25) is 0 Å². The summed E-state index contributed by atoms with van der Waals surface area (Å²) in [5.41, 5.74) is -0.838. The molecule has 5 nitrogen and oxygen atoms in total. The summed E-state index contributed by atoms with van der Waals surface area (Å²) < 4.78 is 40.1. The first kappa shape index (κ1) is 20.2. The summed E-state index contributed by atoms with van der Waals surface area (Å²) in [5.74, 6) is 1.30. The van der Waals surface area contributed by atoms with Crippen molar-refractivity contribution < 1.29 is 13.2 Å². The Balaban J connectivity index is 1.92. The van der Waals surface area contributed by atoms with E-state index >= 15 is 0 Å². The minimum Gasteiger partial charge on any atom is -0.357 e. The number of aromatic nitrogens is 2. The SMILES string of the molecule is CCNC(=NCc1cn(C)nc1C(F)(F)F)NCCSc1ccccc1. The fourth-order valence-corrected chi connectivity index (χ4v) is 3.04. The maximum atomic E-state index is 13.0. The Bertz CT molecular complexity index is 713. The van der Waals surface area contributed by atoms with Crippen molar-refractivity contribution in [3.05, 3.63) is 47.8 Å². The topological polar surface area (TPSA) is 54.2 Å². The van der Waals surface area contributed by atoms with Crippen LogP contribution < -0.4 is 10.6 Å². The van der Waals surface area contributed by atoms with Crippen molar-refractivity contribution in [2.24, 2.45) is 12.0 Å². The predicted octanol–water partition coefficient (Wildman–Crippen LogP) is 3.29. The average Bonchev–Trinajstić information content (AvgIpc) is 2.98. The van der Waals surface area contributed by atoms with Gasteiger partial charge in [-0.05, 0) is 19.1 Å². The highest BCUT2D eigenvalue weighted by atomic mass is 32.2. The highest BCUT2D eigenvalue weighted by Gasteiger charge is 2.36. The van der Waals surface area contributed by atoms with Crippen LogP contribution in [0.15, 0.2) is 46.4 Å². The number of aryl methyl sites for hydroxylation is 1. The third-order valence-corrected chi connectivity index (χ3v) is 4.35. The molecule has 1 aromatic carbocycles. The Kier molecular flexibility index (Phi) is 7.38. The van der Waals surface area contributed by atoms with Gasteiger partial charge in [-0.15, -0.1) is 11.8 Å². The van der Waals surface area contributed by atoms with Crippen LogP contribution in [0.5, 0.6) is 0 Å². The van der Waals surface area contributed by atoms with Crippen LogP contribution in [0.2, 0.25) is 0 Å². The molecule has 26 heavy (non-hydrogen) atoms. The molecule has 0 spiro atoms. The van der Waals surface area contributed by atoms with Gasteiger partial charge in [0.05, 0.1) is 6.54 Å². The van der Waals surface area contributed by atoms with Crippen molar-refractivity contribution >= 4 is 17.7 Å². The van der Waals surface area contributed by atoms with Crippen molar-refractivity contribution in [2.75, 3.05) is 18.8 Å². The van der Waals surface area contributed by atoms with Crippen LogP contribution >= 0.6 is 11.8 Å². The third kappa shape index (κ3) is 6.29. The number of nitrogens with zero attached hydrogens (tertiary/aromatic N) is 3. The van der Waals surface area contributed by atoms with Gasteiger partial charge in [-0.25, -0.2) is 4.99 Å². The van der Waals surface area contributed by atoms with Gasteiger partial charge in [-0.2, -0.15) is 18.3 Å². The van der Waals surface area contributed by atoms with Crippen molar-refractivity contribution in [3.8, 4) is 0 Å². The third-order valence-electron chi connectivity index (χ3n) is 3.33. The minimum absolute atomic E-state index is 0.0517. The first-order chi connectivity index (χ1) is 12.4. The Morgan fingerprint density at radius 3 is 2.62 bits per heavy atom. The molecule has 1 aromatic heterocycles. The van der Waals surface area contributed by atoms with Crippen LogP contribution in [0, 0.1) is 0 Å². The zero-order valence-electron chi connectivity index (χ0n) is 14.7. The van der Waals surface area contributed by atoms with E-state index in [0.717, 1.165) is 10.4 Å². The normalized spacial score (nSPS) is 12.3. The average molecular weight is 385 g/mol. The molecule has 2 N–H and O–H groups in total. The Morgan fingerprint density at radius 2 is 1.96 bits per heavy atom. The predicted molar refractivity (Wildman–Crippen MR) is 98.2 cm³/mol. The van der Waals surface area contributed by atoms with E-state index in [-0.39, 0.29) is 12.1 Å². The smallest absolute Gasteiger partial charge is 0.357 e. The first-order valence-corrected chi connectivity index (χ1v) is 9.18. The van der Waals surface area contributed by atoms with E-state index in [1.165, 1.54) is 18.1 Å². The number of halogens is 3. The van der Waals surface area contributed by atoms with Gasteiger partial charge in [0, 0.05) is 42.5 Å². The number of hydrogen-bond donors (Lipinski definition) is 2. The highest BCUT2D eigenvalue weighted by Crippen LogP contribution is 2.30. The van der Waals surface area contributed by atoms with Gasteiger partial charge in [0.1, 0.15) is 0 Å². The second-order valence-electron chi connectivity index (χ2n) is 5.46. The zero-order valence-corrected chi connectivity index (χ0v) is 15.5. The molecule has 9 heteroatoms. The van der Waals surface area contributed by atoms with Gasteiger partial charge < -0.3 is 10.6 Å². The number of benzene rings is 1. The summed E-state index contributed by atoms with van der Waals surface area (Å²) in [5, 5.41) is 9.67. The lowest BCUT2D eigenvalue weighted by molar-refractivity contribution is -0.142. The maximum absolute atomic E-state index is 13.0. The fraction of sp³-hybridized carbons (Fsp3) is 0.412. The molecule has 0 saturated heterocycles. The second-order valence-corrected chi connectivity index (χ2v) is 6.63. The lowest BCUT2D eigenvalue weighted by Gasteiger charge is -2.11. The van der Waals surface area contributed by atoms with Crippen LogP contribution in [0.3, 0.4) is 0 Å². The maximum Gasteiger partial charge on any atom is 0.435 e.